The number of anilines is 2. The Bertz CT molecular complexity index is 433. The maximum absolute atomic E-state index is 6.04. The standard InChI is InChI=1S/C13H23ClN6/c1-10(20-6-4-19(3)5-7-20)8-16-13-11(15-2)12(14)17-9-18-13/h9-10,15H,4-8H2,1-3H3,(H,16,17,18). The molecule has 112 valence electrons. The molecule has 1 atom stereocenters. The van der Waals surface area contributed by atoms with Crippen LogP contribution >= 0.6 is 11.6 Å². The summed E-state index contributed by atoms with van der Waals surface area (Å²) in [5.74, 6) is 0.758. The molecule has 1 aliphatic rings. The van der Waals surface area contributed by atoms with E-state index in [-0.39, 0.29) is 0 Å². The first-order chi connectivity index (χ1) is 9.61. The van der Waals surface area contributed by atoms with E-state index in [2.05, 4.69) is 44.4 Å². The van der Waals surface area contributed by atoms with Crippen LogP contribution in [0.1, 0.15) is 6.92 Å². The highest BCUT2D eigenvalue weighted by atomic mass is 35.5. The molecular formula is C13H23ClN6. The Balaban J connectivity index is 1.90. The van der Waals surface area contributed by atoms with Crippen LogP contribution in [0.5, 0.6) is 0 Å². The molecule has 20 heavy (non-hydrogen) atoms. The zero-order valence-corrected chi connectivity index (χ0v) is 13.1. The summed E-state index contributed by atoms with van der Waals surface area (Å²) in [6, 6.07) is 0.460. The first-order valence-electron chi connectivity index (χ1n) is 6.96. The van der Waals surface area contributed by atoms with Crippen molar-refractivity contribution in [1.29, 1.82) is 0 Å². The SMILES string of the molecule is CNc1c(Cl)ncnc1NCC(C)N1CCN(C)CC1. The monoisotopic (exact) mass is 298 g/mol. The highest BCUT2D eigenvalue weighted by Crippen LogP contribution is 2.25. The lowest BCUT2D eigenvalue weighted by atomic mass is 10.2. The van der Waals surface area contributed by atoms with Crippen LogP contribution in [0.2, 0.25) is 5.15 Å². The van der Waals surface area contributed by atoms with E-state index in [1.165, 1.54) is 6.33 Å². The number of nitrogens with one attached hydrogen (secondary N) is 2. The van der Waals surface area contributed by atoms with Crippen LogP contribution in [-0.2, 0) is 0 Å². The van der Waals surface area contributed by atoms with Gasteiger partial charge >= 0.3 is 0 Å². The number of piperazine rings is 1. The Morgan fingerprint density at radius 1 is 1.30 bits per heavy atom. The molecule has 1 unspecified atom stereocenters. The zero-order chi connectivity index (χ0) is 14.5. The van der Waals surface area contributed by atoms with Crippen molar-refractivity contribution >= 4 is 23.1 Å². The summed E-state index contributed by atoms with van der Waals surface area (Å²) in [5, 5.41) is 6.84. The van der Waals surface area contributed by atoms with Crippen LogP contribution in [0.3, 0.4) is 0 Å². The van der Waals surface area contributed by atoms with E-state index in [0.717, 1.165) is 44.2 Å². The predicted molar refractivity (Wildman–Crippen MR) is 83.6 cm³/mol. The Labute approximate surface area is 125 Å². The molecule has 1 aliphatic heterocycles. The first-order valence-corrected chi connectivity index (χ1v) is 7.34. The molecule has 1 aromatic rings. The van der Waals surface area contributed by atoms with Crippen molar-refractivity contribution < 1.29 is 0 Å². The van der Waals surface area contributed by atoms with Gasteiger partial charge in [0, 0.05) is 45.8 Å². The molecule has 0 radical (unpaired) electrons. The average Bonchev–Trinajstić information content (AvgIpc) is 2.45. The Kier molecular flexibility index (Phi) is 5.39. The highest BCUT2D eigenvalue weighted by molar-refractivity contribution is 6.32. The van der Waals surface area contributed by atoms with Crippen molar-refractivity contribution in [3.05, 3.63) is 11.5 Å². The fourth-order valence-electron chi connectivity index (χ4n) is 2.36. The van der Waals surface area contributed by atoms with Crippen molar-refractivity contribution in [3.8, 4) is 0 Å². The summed E-state index contributed by atoms with van der Waals surface area (Å²) >= 11 is 6.04. The molecule has 6 nitrogen and oxygen atoms in total. The second-order valence-electron chi connectivity index (χ2n) is 5.21. The summed E-state index contributed by atoms with van der Waals surface area (Å²) in [7, 11) is 3.99. The Morgan fingerprint density at radius 3 is 2.65 bits per heavy atom. The van der Waals surface area contributed by atoms with Crippen LogP contribution in [-0.4, -0.2) is 72.6 Å². The van der Waals surface area contributed by atoms with Gasteiger partial charge in [-0.05, 0) is 14.0 Å². The van der Waals surface area contributed by atoms with Gasteiger partial charge in [0.05, 0.1) is 0 Å². The summed E-state index contributed by atoms with van der Waals surface area (Å²) in [4.78, 5) is 13.1. The number of hydrogen-bond acceptors (Lipinski definition) is 6. The smallest absolute Gasteiger partial charge is 0.157 e. The van der Waals surface area contributed by atoms with Crippen LogP contribution < -0.4 is 10.6 Å². The number of likely N-dealkylation sites (N-methyl/N-ethyl adjacent to an activating group) is 1. The third-order valence-electron chi connectivity index (χ3n) is 3.78. The number of halogens is 1. The minimum atomic E-state index is 0.442. The van der Waals surface area contributed by atoms with Gasteiger partial charge in [0.15, 0.2) is 11.0 Å². The van der Waals surface area contributed by atoms with Gasteiger partial charge in [0.1, 0.15) is 12.0 Å². The molecule has 2 N–H and O–H groups in total. The molecule has 0 aromatic carbocycles. The quantitative estimate of drug-likeness (QED) is 0.797. The van der Waals surface area contributed by atoms with Gasteiger partial charge in [-0.3, -0.25) is 4.90 Å². The summed E-state index contributed by atoms with van der Waals surface area (Å²) in [6.45, 7) is 7.56. The maximum atomic E-state index is 6.04. The molecule has 7 heteroatoms. The van der Waals surface area contributed by atoms with Crippen molar-refractivity contribution in [1.82, 2.24) is 19.8 Å². The molecule has 2 rings (SSSR count). The summed E-state index contributed by atoms with van der Waals surface area (Å²) < 4.78 is 0. The second-order valence-corrected chi connectivity index (χ2v) is 5.57. The van der Waals surface area contributed by atoms with Crippen molar-refractivity contribution in [3.63, 3.8) is 0 Å². The number of aromatic nitrogens is 2. The lowest BCUT2D eigenvalue weighted by molar-refractivity contribution is 0.123. The lowest BCUT2D eigenvalue weighted by Crippen LogP contribution is -2.49. The summed E-state index contributed by atoms with van der Waals surface area (Å²) in [5.41, 5.74) is 0.750. The number of nitrogens with zero attached hydrogens (tertiary/aromatic N) is 4. The molecule has 2 heterocycles. The Morgan fingerprint density at radius 2 is 2.00 bits per heavy atom. The molecule has 0 spiro atoms. The molecular weight excluding hydrogens is 276 g/mol. The molecule has 1 saturated heterocycles. The van der Waals surface area contributed by atoms with Crippen LogP contribution in [0.15, 0.2) is 6.33 Å². The molecule has 0 saturated carbocycles. The lowest BCUT2D eigenvalue weighted by Gasteiger charge is -2.36. The predicted octanol–water partition coefficient (Wildman–Crippen LogP) is 1.22. The number of rotatable bonds is 5. The number of hydrogen-bond donors (Lipinski definition) is 2. The van der Waals surface area contributed by atoms with E-state index in [1.54, 1.807) is 0 Å². The van der Waals surface area contributed by atoms with E-state index < -0.39 is 0 Å². The minimum Gasteiger partial charge on any atom is -0.383 e. The molecule has 0 amide bonds. The minimum absolute atomic E-state index is 0.442. The highest BCUT2D eigenvalue weighted by Gasteiger charge is 2.19. The second kappa shape index (κ2) is 7.06. The fourth-order valence-corrected chi connectivity index (χ4v) is 2.58. The molecule has 0 aliphatic carbocycles. The molecule has 0 bridgehead atoms. The van der Waals surface area contributed by atoms with E-state index in [9.17, 15) is 0 Å². The Hall–Kier alpha value is -1.11. The maximum Gasteiger partial charge on any atom is 0.157 e. The van der Waals surface area contributed by atoms with E-state index >= 15 is 0 Å². The molecule has 1 aromatic heterocycles. The largest absolute Gasteiger partial charge is 0.383 e. The van der Waals surface area contributed by atoms with Gasteiger partial charge in [0.2, 0.25) is 0 Å². The van der Waals surface area contributed by atoms with Gasteiger partial charge in [-0.1, -0.05) is 11.6 Å². The van der Waals surface area contributed by atoms with Gasteiger partial charge in [-0.25, -0.2) is 9.97 Å². The van der Waals surface area contributed by atoms with E-state index in [0.29, 0.717) is 11.2 Å². The summed E-state index contributed by atoms with van der Waals surface area (Å²) in [6.07, 6.45) is 1.48. The van der Waals surface area contributed by atoms with Crippen LogP contribution in [0.4, 0.5) is 11.5 Å². The third-order valence-corrected chi connectivity index (χ3v) is 4.06. The van der Waals surface area contributed by atoms with Gasteiger partial charge in [-0.15, -0.1) is 0 Å². The third kappa shape index (κ3) is 3.71. The van der Waals surface area contributed by atoms with Gasteiger partial charge in [-0.2, -0.15) is 0 Å². The zero-order valence-electron chi connectivity index (χ0n) is 12.4. The van der Waals surface area contributed by atoms with Crippen molar-refractivity contribution in [2.75, 3.05) is 57.5 Å². The van der Waals surface area contributed by atoms with Gasteiger partial charge < -0.3 is 15.5 Å². The molecule has 1 fully saturated rings. The van der Waals surface area contributed by atoms with Crippen LogP contribution in [0.25, 0.3) is 0 Å². The normalized spacial score (nSPS) is 18.8. The average molecular weight is 299 g/mol. The van der Waals surface area contributed by atoms with Crippen molar-refractivity contribution in [2.45, 2.75) is 13.0 Å². The first kappa shape index (κ1) is 15.3. The van der Waals surface area contributed by atoms with E-state index in [4.69, 9.17) is 11.6 Å². The van der Waals surface area contributed by atoms with Crippen molar-refractivity contribution in [2.24, 2.45) is 0 Å². The van der Waals surface area contributed by atoms with E-state index in [1.807, 2.05) is 7.05 Å². The fraction of sp³-hybridized carbons (Fsp3) is 0.692. The van der Waals surface area contributed by atoms with Crippen LogP contribution in [0, 0.1) is 0 Å². The topological polar surface area (TPSA) is 56.3 Å². The van der Waals surface area contributed by atoms with Gasteiger partial charge in [0.25, 0.3) is 0 Å².